The van der Waals surface area contributed by atoms with Gasteiger partial charge in [-0.2, -0.15) is 10.2 Å². The molecule has 0 aromatic carbocycles. The Morgan fingerprint density at radius 3 is 2.95 bits per heavy atom. The summed E-state index contributed by atoms with van der Waals surface area (Å²) < 4.78 is 3.83. The minimum Gasteiger partial charge on any atom is -0.269 e. The highest BCUT2D eigenvalue weighted by atomic mass is 79.9. The zero-order valence-corrected chi connectivity index (χ0v) is 12.4. The second-order valence-corrected chi connectivity index (χ2v) is 5.68. The van der Waals surface area contributed by atoms with Crippen LogP contribution in [-0.4, -0.2) is 35.0 Å². The number of nitrogens with zero attached hydrogens (tertiary/aromatic N) is 6. The Balaban J connectivity index is 1.71. The quantitative estimate of drug-likeness (QED) is 0.770. The Labute approximate surface area is 126 Å². The summed E-state index contributed by atoms with van der Waals surface area (Å²) in [5, 5.41) is 18.6. The fourth-order valence-electron chi connectivity index (χ4n) is 2.06. The molecule has 3 heterocycles. The summed E-state index contributed by atoms with van der Waals surface area (Å²) in [6.07, 6.45) is 9.36. The maximum atomic E-state index is 11.5. The first kappa shape index (κ1) is 12.5. The van der Waals surface area contributed by atoms with Crippen LogP contribution in [0.4, 0.5) is 0 Å². The van der Waals surface area contributed by atoms with Crippen LogP contribution in [0.3, 0.4) is 0 Å². The average Bonchev–Trinajstić information content (AvgIpc) is 3.03. The number of nitrogens with one attached hydrogen (secondary N) is 1. The molecule has 0 atom stereocenters. The van der Waals surface area contributed by atoms with Gasteiger partial charge in [-0.1, -0.05) is 5.21 Å². The lowest BCUT2D eigenvalue weighted by molar-refractivity contribution is 0.642. The highest BCUT2D eigenvalue weighted by molar-refractivity contribution is 9.10. The van der Waals surface area contributed by atoms with Gasteiger partial charge in [0.05, 0.1) is 24.6 Å². The molecule has 106 valence electrons. The van der Waals surface area contributed by atoms with Crippen LogP contribution in [0.25, 0.3) is 16.9 Å². The van der Waals surface area contributed by atoms with Crippen molar-refractivity contribution in [2.45, 2.75) is 18.9 Å². The van der Waals surface area contributed by atoms with Crippen molar-refractivity contribution in [1.82, 2.24) is 35.0 Å². The molecule has 1 aliphatic carbocycles. The minimum atomic E-state index is -0.314. The highest BCUT2D eigenvalue weighted by Crippen LogP contribution is 2.35. The molecule has 1 N–H and O–H groups in total. The second-order valence-electron chi connectivity index (χ2n) is 4.89. The number of H-pyrrole nitrogens is 1. The van der Waals surface area contributed by atoms with Crippen LogP contribution in [0.5, 0.6) is 0 Å². The van der Waals surface area contributed by atoms with Gasteiger partial charge in [0.25, 0.3) is 5.56 Å². The molecule has 0 saturated heterocycles. The van der Waals surface area contributed by atoms with Crippen molar-refractivity contribution in [3.05, 3.63) is 39.6 Å². The predicted molar refractivity (Wildman–Crippen MR) is 77.0 cm³/mol. The molecule has 1 fully saturated rings. The molecule has 0 aliphatic heterocycles. The molecule has 8 nitrogen and oxygen atoms in total. The van der Waals surface area contributed by atoms with Crippen LogP contribution in [0, 0.1) is 0 Å². The first-order valence-corrected chi connectivity index (χ1v) is 7.22. The van der Waals surface area contributed by atoms with E-state index in [0.717, 1.165) is 5.56 Å². The summed E-state index contributed by atoms with van der Waals surface area (Å²) in [5.74, 6) is 0. The molecule has 0 unspecified atom stereocenters. The van der Waals surface area contributed by atoms with Gasteiger partial charge in [-0.15, -0.1) is 5.10 Å². The first-order chi connectivity index (χ1) is 10.2. The SMILES string of the molecule is O=c1[nH]ncc(-n2cc(-c3cnn(C4CC4)c3)nn2)c1Br. The zero-order chi connectivity index (χ0) is 14.4. The number of aromatic nitrogens is 7. The van der Waals surface area contributed by atoms with Gasteiger partial charge >= 0.3 is 0 Å². The van der Waals surface area contributed by atoms with Crippen LogP contribution < -0.4 is 5.56 Å². The van der Waals surface area contributed by atoms with Gasteiger partial charge < -0.3 is 0 Å². The first-order valence-electron chi connectivity index (χ1n) is 6.43. The standard InChI is InChI=1S/C12H10BrN7O/c13-11-10(4-14-17-12(11)21)20-6-9(16-18-20)7-3-15-19(5-7)8-1-2-8/h3-6,8H,1-2H2,(H,17,21). The van der Waals surface area contributed by atoms with Gasteiger partial charge in [0.1, 0.15) is 15.9 Å². The monoisotopic (exact) mass is 347 g/mol. The molecule has 0 spiro atoms. The maximum absolute atomic E-state index is 11.5. The number of rotatable bonds is 3. The lowest BCUT2D eigenvalue weighted by Crippen LogP contribution is -2.12. The van der Waals surface area contributed by atoms with Crippen molar-refractivity contribution < 1.29 is 0 Å². The van der Waals surface area contributed by atoms with Crippen molar-refractivity contribution in [3.8, 4) is 16.9 Å². The number of hydrogen-bond donors (Lipinski definition) is 1. The van der Waals surface area contributed by atoms with Crippen LogP contribution >= 0.6 is 15.9 Å². The molecule has 3 aromatic rings. The average molecular weight is 348 g/mol. The minimum absolute atomic E-state index is 0.314. The number of aromatic amines is 1. The van der Waals surface area contributed by atoms with Crippen LogP contribution in [0.2, 0.25) is 0 Å². The van der Waals surface area contributed by atoms with Crippen molar-refractivity contribution in [1.29, 1.82) is 0 Å². The number of halogens is 1. The third-order valence-electron chi connectivity index (χ3n) is 3.34. The second kappa shape index (κ2) is 4.62. The molecule has 1 saturated carbocycles. The number of hydrogen-bond acceptors (Lipinski definition) is 5. The van der Waals surface area contributed by atoms with E-state index < -0.39 is 0 Å². The van der Waals surface area contributed by atoms with Gasteiger partial charge in [0.2, 0.25) is 0 Å². The van der Waals surface area contributed by atoms with E-state index >= 15 is 0 Å². The van der Waals surface area contributed by atoms with Crippen LogP contribution in [0.1, 0.15) is 18.9 Å². The summed E-state index contributed by atoms with van der Waals surface area (Å²) in [7, 11) is 0. The van der Waals surface area contributed by atoms with E-state index in [1.807, 2.05) is 10.9 Å². The zero-order valence-electron chi connectivity index (χ0n) is 10.8. The van der Waals surface area contributed by atoms with E-state index in [1.165, 1.54) is 23.7 Å². The Bertz CT molecular complexity index is 860. The summed E-state index contributed by atoms with van der Waals surface area (Å²) in [4.78, 5) is 11.5. The predicted octanol–water partition coefficient (Wildman–Crippen LogP) is 1.31. The molecular formula is C12H10BrN7O. The smallest absolute Gasteiger partial charge is 0.269 e. The molecule has 9 heteroatoms. The summed E-state index contributed by atoms with van der Waals surface area (Å²) in [6.45, 7) is 0. The largest absolute Gasteiger partial charge is 0.280 e. The molecule has 1 aliphatic rings. The van der Waals surface area contributed by atoms with Gasteiger partial charge in [-0.05, 0) is 28.8 Å². The third kappa shape index (κ3) is 2.19. The topological polar surface area (TPSA) is 94.3 Å². The lowest BCUT2D eigenvalue weighted by atomic mass is 10.3. The summed E-state index contributed by atoms with van der Waals surface area (Å²) >= 11 is 3.23. The highest BCUT2D eigenvalue weighted by Gasteiger charge is 2.24. The summed E-state index contributed by atoms with van der Waals surface area (Å²) in [6, 6.07) is 0.528. The van der Waals surface area contributed by atoms with Gasteiger partial charge in [0.15, 0.2) is 0 Å². The maximum Gasteiger partial charge on any atom is 0.280 e. The van der Waals surface area contributed by atoms with E-state index in [-0.39, 0.29) is 5.56 Å². The molecule has 0 radical (unpaired) electrons. The van der Waals surface area contributed by atoms with Crippen molar-refractivity contribution in [3.63, 3.8) is 0 Å². The van der Waals surface area contributed by atoms with Crippen LogP contribution in [-0.2, 0) is 0 Å². The molecule has 4 rings (SSSR count). The van der Waals surface area contributed by atoms with Gasteiger partial charge in [-0.25, -0.2) is 9.78 Å². The van der Waals surface area contributed by atoms with E-state index in [1.54, 1.807) is 12.4 Å². The molecule has 21 heavy (non-hydrogen) atoms. The van der Waals surface area contributed by atoms with E-state index in [0.29, 0.717) is 21.9 Å². The molecule has 0 bridgehead atoms. The third-order valence-corrected chi connectivity index (χ3v) is 4.10. The van der Waals surface area contributed by atoms with Gasteiger partial charge in [-0.3, -0.25) is 9.48 Å². The Morgan fingerprint density at radius 1 is 1.29 bits per heavy atom. The molecule has 3 aromatic heterocycles. The fourth-order valence-corrected chi connectivity index (χ4v) is 2.43. The lowest BCUT2D eigenvalue weighted by Gasteiger charge is -1.99. The van der Waals surface area contributed by atoms with Crippen molar-refractivity contribution in [2.24, 2.45) is 0 Å². The van der Waals surface area contributed by atoms with Crippen molar-refractivity contribution >= 4 is 15.9 Å². The fraction of sp³-hybridized carbons (Fsp3) is 0.250. The normalized spacial score (nSPS) is 14.5. The van der Waals surface area contributed by atoms with Gasteiger partial charge in [0, 0.05) is 11.8 Å². The van der Waals surface area contributed by atoms with Crippen molar-refractivity contribution in [2.75, 3.05) is 0 Å². The van der Waals surface area contributed by atoms with Crippen LogP contribution in [0.15, 0.2) is 34.1 Å². The summed E-state index contributed by atoms with van der Waals surface area (Å²) in [5.41, 5.74) is 1.83. The molecule has 0 amide bonds. The van der Waals surface area contributed by atoms with E-state index in [9.17, 15) is 4.79 Å². The molecular weight excluding hydrogens is 338 g/mol. The Morgan fingerprint density at radius 2 is 2.14 bits per heavy atom. The van der Waals surface area contributed by atoms with E-state index in [4.69, 9.17) is 0 Å². The van der Waals surface area contributed by atoms with E-state index in [2.05, 4.69) is 41.5 Å². The Hall–Kier alpha value is -2.29. The Kier molecular flexibility index (Phi) is 2.74.